The maximum atomic E-state index is 11.9. The van der Waals surface area contributed by atoms with Crippen molar-refractivity contribution in [3.8, 4) is 5.75 Å². The number of carbonyl (C=O) groups excluding carboxylic acids is 1. The molecule has 0 aromatic heterocycles. The minimum absolute atomic E-state index is 0.00253. The third kappa shape index (κ3) is 5.70. The van der Waals surface area contributed by atoms with E-state index in [4.69, 9.17) is 9.47 Å². The molecule has 0 fully saturated rings. The molecule has 3 nitrogen and oxygen atoms in total. The summed E-state index contributed by atoms with van der Waals surface area (Å²) in [6.45, 7) is 10.7. The van der Waals surface area contributed by atoms with Crippen LogP contribution in [0.4, 0.5) is 0 Å². The minimum Gasteiger partial charge on any atom is -0.490 e. The molecule has 0 aliphatic heterocycles. The third-order valence-corrected chi connectivity index (χ3v) is 4.18. The molecule has 0 saturated heterocycles. The van der Waals surface area contributed by atoms with E-state index in [1.165, 1.54) is 5.56 Å². The first-order valence-corrected chi connectivity index (χ1v) is 8.44. The monoisotopic (exact) mass is 306 g/mol. The first kappa shape index (κ1) is 18.5. The van der Waals surface area contributed by atoms with E-state index in [1.54, 1.807) is 0 Å². The van der Waals surface area contributed by atoms with Crippen LogP contribution in [0.15, 0.2) is 24.3 Å². The molecule has 124 valence electrons. The molecule has 2 atom stereocenters. The van der Waals surface area contributed by atoms with Gasteiger partial charge in [-0.2, -0.15) is 0 Å². The Kier molecular flexibility index (Phi) is 8.00. The first-order chi connectivity index (χ1) is 10.5. The molecule has 0 aliphatic carbocycles. The quantitative estimate of drug-likeness (QED) is 0.606. The number of carbonyl (C=O) groups is 1. The van der Waals surface area contributed by atoms with Gasteiger partial charge in [0.1, 0.15) is 18.5 Å². The van der Waals surface area contributed by atoms with Gasteiger partial charge in [-0.3, -0.25) is 4.79 Å². The number of ether oxygens (including phenoxy) is 2. The van der Waals surface area contributed by atoms with Crippen LogP contribution in [0.3, 0.4) is 0 Å². The Hall–Kier alpha value is -1.51. The average Bonchev–Trinajstić information content (AvgIpc) is 2.53. The third-order valence-electron chi connectivity index (χ3n) is 4.18. The highest BCUT2D eigenvalue weighted by molar-refractivity contribution is 5.72. The van der Waals surface area contributed by atoms with E-state index in [1.807, 2.05) is 32.9 Å². The van der Waals surface area contributed by atoms with Crippen molar-refractivity contribution in [2.45, 2.75) is 65.9 Å². The minimum atomic E-state index is -0.234. The molecule has 0 radical (unpaired) electrons. The molecule has 1 rings (SSSR count). The summed E-state index contributed by atoms with van der Waals surface area (Å²) in [4.78, 5) is 11.9. The zero-order valence-electron chi connectivity index (χ0n) is 14.6. The molecule has 0 N–H and O–H groups in total. The Labute approximate surface area is 135 Å². The summed E-state index contributed by atoms with van der Waals surface area (Å²) in [5, 5.41) is 0. The van der Waals surface area contributed by atoms with Gasteiger partial charge in [-0.25, -0.2) is 0 Å². The Morgan fingerprint density at radius 3 is 2.09 bits per heavy atom. The Morgan fingerprint density at radius 1 is 1.00 bits per heavy atom. The normalized spacial score (nSPS) is 13.7. The second-order valence-corrected chi connectivity index (χ2v) is 5.95. The molecule has 0 aliphatic rings. The van der Waals surface area contributed by atoms with Crippen molar-refractivity contribution in [1.82, 2.24) is 0 Å². The maximum Gasteiger partial charge on any atom is 0.309 e. The van der Waals surface area contributed by atoms with Gasteiger partial charge < -0.3 is 9.47 Å². The largest absolute Gasteiger partial charge is 0.490 e. The summed E-state index contributed by atoms with van der Waals surface area (Å²) in [5.41, 5.74) is 1.32. The number of hydrogen-bond donors (Lipinski definition) is 0. The second kappa shape index (κ2) is 9.50. The van der Waals surface area contributed by atoms with Crippen LogP contribution in [-0.2, 0) is 9.53 Å². The van der Waals surface area contributed by atoms with Gasteiger partial charge in [0.25, 0.3) is 0 Å². The summed E-state index contributed by atoms with van der Waals surface area (Å²) in [5.74, 6) is 1.26. The van der Waals surface area contributed by atoms with Gasteiger partial charge in [-0.05, 0) is 49.8 Å². The van der Waals surface area contributed by atoms with Crippen LogP contribution in [0.25, 0.3) is 0 Å². The van der Waals surface area contributed by atoms with Gasteiger partial charge in [-0.1, -0.05) is 39.8 Å². The van der Waals surface area contributed by atoms with E-state index in [0.717, 1.165) is 25.0 Å². The SMILES string of the molecule is CCC(CC)C(=O)O[C@@H](C)COc1ccc([C@@H](C)CC)cc1. The zero-order valence-corrected chi connectivity index (χ0v) is 14.6. The summed E-state index contributed by atoms with van der Waals surface area (Å²) in [6.07, 6.45) is 2.53. The van der Waals surface area contributed by atoms with Crippen LogP contribution in [0.2, 0.25) is 0 Å². The lowest BCUT2D eigenvalue weighted by Crippen LogP contribution is -2.26. The molecule has 1 aromatic carbocycles. The molecule has 0 amide bonds. The Bertz CT molecular complexity index is 434. The lowest BCUT2D eigenvalue weighted by atomic mass is 9.99. The molecule has 0 unspecified atom stereocenters. The molecule has 3 heteroatoms. The van der Waals surface area contributed by atoms with Gasteiger partial charge in [0.15, 0.2) is 0 Å². The van der Waals surface area contributed by atoms with Crippen molar-refractivity contribution in [2.24, 2.45) is 5.92 Å². The zero-order chi connectivity index (χ0) is 16.5. The van der Waals surface area contributed by atoms with Crippen molar-refractivity contribution in [3.05, 3.63) is 29.8 Å². The highest BCUT2D eigenvalue weighted by Gasteiger charge is 2.18. The van der Waals surface area contributed by atoms with Crippen molar-refractivity contribution in [1.29, 1.82) is 0 Å². The fraction of sp³-hybridized carbons (Fsp3) is 0.632. The number of benzene rings is 1. The van der Waals surface area contributed by atoms with Gasteiger partial charge in [0, 0.05) is 0 Å². The number of rotatable bonds is 9. The fourth-order valence-corrected chi connectivity index (χ4v) is 2.29. The lowest BCUT2D eigenvalue weighted by molar-refractivity contribution is -0.154. The topological polar surface area (TPSA) is 35.5 Å². The van der Waals surface area contributed by atoms with Gasteiger partial charge >= 0.3 is 5.97 Å². The van der Waals surface area contributed by atoms with Crippen LogP contribution in [0.1, 0.15) is 65.4 Å². The molecular formula is C19H30O3. The van der Waals surface area contributed by atoms with Crippen molar-refractivity contribution >= 4 is 5.97 Å². The smallest absolute Gasteiger partial charge is 0.309 e. The van der Waals surface area contributed by atoms with Gasteiger partial charge in [0.05, 0.1) is 5.92 Å². The second-order valence-electron chi connectivity index (χ2n) is 5.95. The van der Waals surface area contributed by atoms with E-state index in [2.05, 4.69) is 26.0 Å². The molecular weight excluding hydrogens is 276 g/mol. The predicted molar refractivity (Wildman–Crippen MR) is 90.3 cm³/mol. The lowest BCUT2D eigenvalue weighted by Gasteiger charge is -2.18. The van der Waals surface area contributed by atoms with E-state index in [0.29, 0.717) is 12.5 Å². The molecule has 0 heterocycles. The first-order valence-electron chi connectivity index (χ1n) is 8.44. The number of hydrogen-bond acceptors (Lipinski definition) is 3. The van der Waals surface area contributed by atoms with Crippen molar-refractivity contribution in [3.63, 3.8) is 0 Å². The fourth-order valence-electron chi connectivity index (χ4n) is 2.29. The van der Waals surface area contributed by atoms with Crippen LogP contribution in [-0.4, -0.2) is 18.7 Å². The number of esters is 1. The van der Waals surface area contributed by atoms with Crippen molar-refractivity contribution < 1.29 is 14.3 Å². The van der Waals surface area contributed by atoms with Crippen LogP contribution in [0, 0.1) is 5.92 Å². The Morgan fingerprint density at radius 2 is 1.59 bits per heavy atom. The van der Waals surface area contributed by atoms with Crippen molar-refractivity contribution in [2.75, 3.05) is 6.61 Å². The van der Waals surface area contributed by atoms with Crippen LogP contribution >= 0.6 is 0 Å². The highest BCUT2D eigenvalue weighted by atomic mass is 16.6. The maximum absolute atomic E-state index is 11.9. The summed E-state index contributed by atoms with van der Waals surface area (Å²) in [6, 6.07) is 8.17. The van der Waals surface area contributed by atoms with E-state index in [-0.39, 0.29) is 18.0 Å². The summed E-state index contributed by atoms with van der Waals surface area (Å²) < 4.78 is 11.1. The molecule has 0 spiro atoms. The highest BCUT2D eigenvalue weighted by Crippen LogP contribution is 2.21. The summed E-state index contributed by atoms with van der Waals surface area (Å²) in [7, 11) is 0. The van der Waals surface area contributed by atoms with Gasteiger partial charge in [0.2, 0.25) is 0 Å². The molecule has 0 saturated carbocycles. The van der Waals surface area contributed by atoms with E-state index < -0.39 is 0 Å². The van der Waals surface area contributed by atoms with E-state index >= 15 is 0 Å². The van der Waals surface area contributed by atoms with Crippen LogP contribution < -0.4 is 4.74 Å². The van der Waals surface area contributed by atoms with Gasteiger partial charge in [-0.15, -0.1) is 0 Å². The summed E-state index contributed by atoms with van der Waals surface area (Å²) >= 11 is 0. The van der Waals surface area contributed by atoms with Crippen LogP contribution in [0.5, 0.6) is 5.75 Å². The molecule has 1 aromatic rings. The molecule has 0 bridgehead atoms. The predicted octanol–water partition coefficient (Wildman–Crippen LogP) is 4.95. The standard InChI is InChI=1S/C19H30O3/c1-6-14(4)17-9-11-18(12-10-17)21-13-15(5)22-19(20)16(7-2)8-3/h9-12,14-16H,6-8,13H2,1-5H3/t14-,15-/m0/s1. The Balaban J connectivity index is 2.43. The molecule has 22 heavy (non-hydrogen) atoms. The van der Waals surface area contributed by atoms with E-state index in [9.17, 15) is 4.79 Å². The average molecular weight is 306 g/mol.